The maximum Gasteiger partial charge on any atom is 0.238 e. The van der Waals surface area contributed by atoms with E-state index in [1.807, 2.05) is 64.1 Å². The van der Waals surface area contributed by atoms with E-state index in [1.165, 1.54) is 11.8 Å². The van der Waals surface area contributed by atoms with Crippen molar-refractivity contribution in [2.24, 2.45) is 0 Å². The molecule has 28 heavy (non-hydrogen) atoms. The van der Waals surface area contributed by atoms with Crippen molar-refractivity contribution < 1.29 is 13.2 Å². The standard InChI is InChI=1S/C20H27N3O3S2/c1-14(27-16-8-6-5-7-9-16)19(24)21-18-12-17(20(2,3)4)22-23(18)15-10-11-28(25,26)13-15/h5-9,12,14-15H,10-11,13H2,1-4H3,(H,21,24)/t14-,15+/m0/s1. The molecule has 0 radical (unpaired) electrons. The Hall–Kier alpha value is -1.80. The molecular weight excluding hydrogens is 394 g/mol. The second-order valence-electron chi connectivity index (χ2n) is 8.23. The van der Waals surface area contributed by atoms with Crippen molar-refractivity contribution in [1.82, 2.24) is 9.78 Å². The van der Waals surface area contributed by atoms with E-state index in [4.69, 9.17) is 0 Å². The number of rotatable bonds is 5. The van der Waals surface area contributed by atoms with Crippen LogP contribution in [0.25, 0.3) is 0 Å². The van der Waals surface area contributed by atoms with Gasteiger partial charge in [-0.05, 0) is 25.5 Å². The average Bonchev–Trinajstić information content (AvgIpc) is 3.18. The number of hydrogen-bond donors (Lipinski definition) is 1. The molecule has 0 bridgehead atoms. The normalized spacial score (nSPS) is 20.1. The molecule has 0 spiro atoms. The van der Waals surface area contributed by atoms with Gasteiger partial charge in [-0.2, -0.15) is 5.10 Å². The lowest BCUT2D eigenvalue weighted by Gasteiger charge is -2.16. The zero-order chi connectivity index (χ0) is 20.5. The van der Waals surface area contributed by atoms with E-state index in [-0.39, 0.29) is 34.1 Å². The SMILES string of the molecule is C[C@H](Sc1ccccc1)C(=O)Nc1cc(C(C)(C)C)nn1[C@@H]1CCS(=O)(=O)C1. The van der Waals surface area contributed by atoms with Crippen molar-refractivity contribution in [3.05, 3.63) is 42.1 Å². The summed E-state index contributed by atoms with van der Waals surface area (Å²) in [6, 6.07) is 11.4. The number of anilines is 1. The molecule has 1 amide bonds. The molecule has 0 aliphatic carbocycles. The molecule has 3 rings (SSSR count). The number of sulfone groups is 1. The molecule has 8 heteroatoms. The van der Waals surface area contributed by atoms with E-state index < -0.39 is 9.84 Å². The number of carbonyl (C=O) groups is 1. The topological polar surface area (TPSA) is 81.1 Å². The largest absolute Gasteiger partial charge is 0.310 e. The van der Waals surface area contributed by atoms with E-state index in [2.05, 4.69) is 10.4 Å². The van der Waals surface area contributed by atoms with Gasteiger partial charge in [0, 0.05) is 16.4 Å². The molecule has 1 aromatic carbocycles. The van der Waals surface area contributed by atoms with Gasteiger partial charge in [0.05, 0.1) is 28.5 Å². The van der Waals surface area contributed by atoms with Crippen LogP contribution in [-0.4, -0.2) is 40.9 Å². The summed E-state index contributed by atoms with van der Waals surface area (Å²) in [6.07, 6.45) is 0.519. The molecule has 6 nitrogen and oxygen atoms in total. The molecule has 0 saturated carbocycles. The lowest BCUT2D eigenvalue weighted by Crippen LogP contribution is -2.25. The fourth-order valence-electron chi connectivity index (χ4n) is 3.09. The summed E-state index contributed by atoms with van der Waals surface area (Å²) in [4.78, 5) is 13.8. The summed E-state index contributed by atoms with van der Waals surface area (Å²) in [6.45, 7) is 8.00. The predicted molar refractivity (Wildman–Crippen MR) is 114 cm³/mol. The van der Waals surface area contributed by atoms with Crippen LogP contribution in [-0.2, 0) is 20.0 Å². The van der Waals surface area contributed by atoms with Crippen LogP contribution in [0, 0.1) is 0 Å². The van der Waals surface area contributed by atoms with Crippen LogP contribution >= 0.6 is 11.8 Å². The Kier molecular flexibility index (Phi) is 5.91. The Morgan fingerprint density at radius 2 is 1.96 bits per heavy atom. The fraction of sp³-hybridized carbons (Fsp3) is 0.500. The molecule has 152 valence electrons. The molecule has 2 heterocycles. The van der Waals surface area contributed by atoms with Crippen LogP contribution in [0.2, 0.25) is 0 Å². The molecule has 1 saturated heterocycles. The van der Waals surface area contributed by atoms with E-state index in [9.17, 15) is 13.2 Å². The van der Waals surface area contributed by atoms with Gasteiger partial charge in [0.2, 0.25) is 5.91 Å². The highest BCUT2D eigenvalue weighted by Crippen LogP contribution is 2.31. The molecule has 1 N–H and O–H groups in total. The maximum absolute atomic E-state index is 12.8. The van der Waals surface area contributed by atoms with Gasteiger partial charge in [-0.15, -0.1) is 11.8 Å². The van der Waals surface area contributed by atoms with Gasteiger partial charge in [0.15, 0.2) is 9.84 Å². The first-order valence-corrected chi connectivity index (χ1v) is 12.1. The molecule has 1 aliphatic rings. The zero-order valence-electron chi connectivity index (χ0n) is 16.7. The highest BCUT2D eigenvalue weighted by atomic mass is 32.2. The van der Waals surface area contributed by atoms with E-state index in [0.29, 0.717) is 12.2 Å². The Morgan fingerprint density at radius 3 is 2.54 bits per heavy atom. The first-order chi connectivity index (χ1) is 13.0. The smallest absolute Gasteiger partial charge is 0.238 e. The molecule has 1 aromatic heterocycles. The number of thioether (sulfide) groups is 1. The highest BCUT2D eigenvalue weighted by molar-refractivity contribution is 8.00. The van der Waals surface area contributed by atoms with E-state index in [0.717, 1.165) is 10.6 Å². The molecule has 1 aliphatic heterocycles. The zero-order valence-corrected chi connectivity index (χ0v) is 18.3. The third-order valence-electron chi connectivity index (χ3n) is 4.73. The molecule has 2 aromatic rings. The fourth-order valence-corrected chi connectivity index (χ4v) is 5.67. The van der Waals surface area contributed by atoms with Gasteiger partial charge >= 0.3 is 0 Å². The van der Waals surface area contributed by atoms with Crippen LogP contribution in [0.3, 0.4) is 0 Å². The summed E-state index contributed by atoms with van der Waals surface area (Å²) < 4.78 is 25.6. The minimum Gasteiger partial charge on any atom is -0.310 e. The number of aromatic nitrogens is 2. The first-order valence-electron chi connectivity index (χ1n) is 9.38. The monoisotopic (exact) mass is 421 g/mol. The quantitative estimate of drug-likeness (QED) is 0.745. The van der Waals surface area contributed by atoms with Crippen LogP contribution in [0.5, 0.6) is 0 Å². The van der Waals surface area contributed by atoms with Crippen molar-refractivity contribution >= 4 is 33.3 Å². The van der Waals surface area contributed by atoms with Crippen molar-refractivity contribution in [1.29, 1.82) is 0 Å². The van der Waals surface area contributed by atoms with Crippen LogP contribution in [0.4, 0.5) is 5.82 Å². The van der Waals surface area contributed by atoms with Crippen molar-refractivity contribution in [2.45, 2.75) is 55.7 Å². The first kappa shape index (κ1) is 20.9. The van der Waals surface area contributed by atoms with Crippen LogP contribution < -0.4 is 5.32 Å². The summed E-state index contributed by atoms with van der Waals surface area (Å²) in [5.41, 5.74) is 0.627. The van der Waals surface area contributed by atoms with Gasteiger partial charge in [-0.1, -0.05) is 39.0 Å². The lowest BCUT2D eigenvalue weighted by atomic mass is 9.92. The average molecular weight is 422 g/mol. The van der Waals surface area contributed by atoms with E-state index >= 15 is 0 Å². The number of carbonyl (C=O) groups excluding carboxylic acids is 1. The lowest BCUT2D eigenvalue weighted by molar-refractivity contribution is -0.115. The maximum atomic E-state index is 12.8. The van der Waals surface area contributed by atoms with Crippen molar-refractivity contribution in [3.8, 4) is 0 Å². The molecule has 0 unspecified atom stereocenters. The Balaban J connectivity index is 1.81. The summed E-state index contributed by atoms with van der Waals surface area (Å²) in [5.74, 6) is 0.666. The Labute approximate surface area is 171 Å². The van der Waals surface area contributed by atoms with Crippen LogP contribution in [0.1, 0.15) is 45.9 Å². The number of nitrogens with zero attached hydrogens (tertiary/aromatic N) is 2. The van der Waals surface area contributed by atoms with Gasteiger partial charge in [0.1, 0.15) is 5.82 Å². The number of amides is 1. The molecule has 2 atom stereocenters. The van der Waals surface area contributed by atoms with E-state index in [1.54, 1.807) is 4.68 Å². The second kappa shape index (κ2) is 7.91. The molecular formula is C20H27N3O3S2. The summed E-state index contributed by atoms with van der Waals surface area (Å²) in [5, 5.41) is 7.33. The molecule has 1 fully saturated rings. The minimum atomic E-state index is -3.05. The predicted octanol–water partition coefficient (Wildman–Crippen LogP) is 3.66. The van der Waals surface area contributed by atoms with Gasteiger partial charge in [-0.3, -0.25) is 4.79 Å². The Bertz CT molecular complexity index is 947. The Morgan fingerprint density at radius 1 is 1.29 bits per heavy atom. The van der Waals surface area contributed by atoms with Crippen molar-refractivity contribution in [3.63, 3.8) is 0 Å². The van der Waals surface area contributed by atoms with Gasteiger partial charge < -0.3 is 5.32 Å². The minimum absolute atomic E-state index is 0.0649. The second-order valence-corrected chi connectivity index (χ2v) is 11.9. The third-order valence-corrected chi connectivity index (χ3v) is 7.60. The van der Waals surface area contributed by atoms with Gasteiger partial charge in [0.25, 0.3) is 0 Å². The number of hydrogen-bond acceptors (Lipinski definition) is 5. The number of nitrogens with one attached hydrogen (secondary N) is 1. The van der Waals surface area contributed by atoms with Gasteiger partial charge in [-0.25, -0.2) is 13.1 Å². The number of benzene rings is 1. The summed E-state index contributed by atoms with van der Waals surface area (Å²) >= 11 is 1.48. The summed E-state index contributed by atoms with van der Waals surface area (Å²) in [7, 11) is -3.05. The van der Waals surface area contributed by atoms with Crippen LogP contribution in [0.15, 0.2) is 41.3 Å². The van der Waals surface area contributed by atoms with Crippen molar-refractivity contribution in [2.75, 3.05) is 16.8 Å². The highest BCUT2D eigenvalue weighted by Gasteiger charge is 2.33. The third kappa shape index (κ3) is 4.97.